The van der Waals surface area contributed by atoms with Crippen molar-refractivity contribution in [3.05, 3.63) is 92.4 Å². The maximum Gasteiger partial charge on any atom is 0.231 e. The van der Waals surface area contributed by atoms with Gasteiger partial charge in [0.05, 0.1) is 17.7 Å². The van der Waals surface area contributed by atoms with Crippen LogP contribution in [0.4, 0.5) is 4.39 Å². The Labute approximate surface area is 186 Å². The number of allylic oxidation sites excluding steroid dienone is 1. The molecule has 0 atom stereocenters. The van der Waals surface area contributed by atoms with E-state index in [0.717, 1.165) is 4.47 Å². The van der Waals surface area contributed by atoms with Crippen LogP contribution in [0.15, 0.2) is 64.8 Å². The minimum Gasteiger partial charge on any atom is -0.496 e. The number of methoxy groups -OCH3 is 1. The summed E-state index contributed by atoms with van der Waals surface area (Å²) in [5, 5.41) is 0.288. The van der Waals surface area contributed by atoms with Gasteiger partial charge in [0.1, 0.15) is 29.7 Å². The van der Waals surface area contributed by atoms with Crippen molar-refractivity contribution in [3.63, 3.8) is 0 Å². The molecule has 0 fully saturated rings. The topological polar surface area (TPSA) is 44.8 Å². The zero-order valence-corrected chi connectivity index (χ0v) is 18.1. The number of carbonyl (C=O) groups excluding carboxylic acids is 1. The van der Waals surface area contributed by atoms with Crippen molar-refractivity contribution in [1.82, 2.24) is 0 Å². The van der Waals surface area contributed by atoms with E-state index in [1.807, 2.05) is 12.1 Å². The van der Waals surface area contributed by atoms with Crippen molar-refractivity contribution in [1.29, 1.82) is 0 Å². The lowest BCUT2D eigenvalue weighted by Crippen LogP contribution is -2.00. The van der Waals surface area contributed by atoms with Gasteiger partial charge in [0.2, 0.25) is 5.78 Å². The standard InChI is InChI=1S/C23H15BrClFO4/c1-28-20-8-5-14(24)9-13(20)10-22-23(27)16-7-6-15(11-21(16)30-22)29-12-17-18(25)3-2-4-19(17)26/h2-11H,12H2,1H3/b22-10+. The van der Waals surface area contributed by atoms with E-state index in [2.05, 4.69) is 15.9 Å². The number of halogens is 3. The minimum atomic E-state index is -0.441. The number of benzene rings is 3. The summed E-state index contributed by atoms with van der Waals surface area (Å²) in [6.45, 7) is -0.0455. The number of hydrogen-bond acceptors (Lipinski definition) is 4. The average Bonchev–Trinajstić information content (AvgIpc) is 3.02. The van der Waals surface area contributed by atoms with Gasteiger partial charge in [-0.25, -0.2) is 4.39 Å². The SMILES string of the molecule is COc1ccc(Br)cc1/C=C1/Oc2cc(OCc3c(F)cccc3Cl)ccc2C1=O. The Kier molecular flexibility index (Phi) is 5.79. The summed E-state index contributed by atoms with van der Waals surface area (Å²) < 4.78 is 31.5. The monoisotopic (exact) mass is 488 g/mol. The third-order valence-corrected chi connectivity index (χ3v) is 5.41. The Morgan fingerprint density at radius 3 is 2.77 bits per heavy atom. The molecule has 0 aliphatic carbocycles. The van der Waals surface area contributed by atoms with Gasteiger partial charge in [0.25, 0.3) is 0 Å². The first kappa shape index (κ1) is 20.4. The van der Waals surface area contributed by atoms with Crippen LogP contribution in [0.5, 0.6) is 17.2 Å². The molecule has 0 bridgehead atoms. The number of Topliss-reactive ketones (excluding diaryl/α,β-unsaturated/α-hetero) is 1. The zero-order valence-electron chi connectivity index (χ0n) is 15.7. The second kappa shape index (κ2) is 8.50. The summed E-state index contributed by atoms with van der Waals surface area (Å²) in [6.07, 6.45) is 1.63. The molecule has 0 spiro atoms. The van der Waals surface area contributed by atoms with E-state index < -0.39 is 5.82 Å². The van der Waals surface area contributed by atoms with E-state index >= 15 is 0 Å². The Balaban J connectivity index is 1.56. The van der Waals surface area contributed by atoms with Crippen LogP contribution in [0.3, 0.4) is 0 Å². The molecule has 0 N–H and O–H groups in total. The lowest BCUT2D eigenvalue weighted by atomic mass is 10.1. The van der Waals surface area contributed by atoms with Crippen LogP contribution in [0.2, 0.25) is 5.02 Å². The van der Waals surface area contributed by atoms with E-state index in [1.54, 1.807) is 43.5 Å². The van der Waals surface area contributed by atoms with Crippen LogP contribution in [-0.4, -0.2) is 12.9 Å². The van der Waals surface area contributed by atoms with E-state index in [0.29, 0.717) is 28.4 Å². The second-order valence-electron chi connectivity index (χ2n) is 6.47. The van der Waals surface area contributed by atoms with Gasteiger partial charge in [-0.2, -0.15) is 0 Å². The number of hydrogen-bond donors (Lipinski definition) is 0. The first-order valence-corrected chi connectivity index (χ1v) is 10.1. The van der Waals surface area contributed by atoms with Crippen molar-refractivity contribution >= 4 is 39.4 Å². The summed E-state index contributed by atoms with van der Waals surface area (Å²) in [6, 6.07) is 14.8. The van der Waals surface area contributed by atoms with Crippen molar-refractivity contribution in [2.45, 2.75) is 6.61 Å². The lowest BCUT2D eigenvalue weighted by Gasteiger charge is -2.09. The van der Waals surface area contributed by atoms with Crippen molar-refractivity contribution < 1.29 is 23.4 Å². The van der Waals surface area contributed by atoms with Gasteiger partial charge in [-0.15, -0.1) is 0 Å². The molecule has 0 amide bonds. The summed E-state index contributed by atoms with van der Waals surface area (Å²) in [5.74, 6) is 0.915. The maximum atomic E-state index is 13.9. The molecule has 3 aromatic rings. The van der Waals surface area contributed by atoms with Crippen LogP contribution in [0.1, 0.15) is 21.5 Å². The summed E-state index contributed by atoms with van der Waals surface area (Å²) in [5.41, 5.74) is 1.39. The number of carbonyl (C=O) groups is 1. The fraction of sp³-hybridized carbons (Fsp3) is 0.0870. The molecule has 0 unspecified atom stereocenters. The molecule has 7 heteroatoms. The maximum absolute atomic E-state index is 13.9. The first-order chi connectivity index (χ1) is 14.5. The highest BCUT2D eigenvalue weighted by atomic mass is 79.9. The third-order valence-electron chi connectivity index (χ3n) is 4.56. The minimum absolute atomic E-state index is 0.0455. The summed E-state index contributed by atoms with van der Waals surface area (Å²) in [4.78, 5) is 12.7. The van der Waals surface area contributed by atoms with Crippen molar-refractivity contribution in [3.8, 4) is 17.2 Å². The van der Waals surface area contributed by atoms with Crippen molar-refractivity contribution in [2.24, 2.45) is 0 Å². The quantitative estimate of drug-likeness (QED) is 0.387. The van der Waals surface area contributed by atoms with Gasteiger partial charge in [-0.05, 0) is 48.5 Å². The molecule has 4 nitrogen and oxygen atoms in total. The average molecular weight is 490 g/mol. The molecule has 0 saturated carbocycles. The Hall–Kier alpha value is -2.83. The first-order valence-electron chi connectivity index (χ1n) is 8.94. The molecule has 30 heavy (non-hydrogen) atoms. The van der Waals surface area contributed by atoms with Crippen LogP contribution in [-0.2, 0) is 6.61 Å². The van der Waals surface area contributed by atoms with Crippen LogP contribution in [0, 0.1) is 5.82 Å². The molecule has 1 heterocycles. The molecular formula is C23H15BrClFO4. The van der Waals surface area contributed by atoms with Gasteiger partial charge < -0.3 is 14.2 Å². The normalized spacial score (nSPS) is 13.9. The molecule has 0 saturated heterocycles. The predicted octanol–water partition coefficient (Wildman–Crippen LogP) is 6.45. The summed E-state index contributed by atoms with van der Waals surface area (Å²) in [7, 11) is 1.56. The van der Waals surface area contributed by atoms with E-state index in [1.165, 1.54) is 12.1 Å². The molecular weight excluding hydrogens is 475 g/mol. The lowest BCUT2D eigenvalue weighted by molar-refractivity contribution is 0.101. The van der Waals surface area contributed by atoms with Gasteiger partial charge >= 0.3 is 0 Å². The van der Waals surface area contributed by atoms with Gasteiger partial charge in [0, 0.05) is 21.7 Å². The van der Waals surface area contributed by atoms with E-state index in [9.17, 15) is 9.18 Å². The Morgan fingerprint density at radius 1 is 1.17 bits per heavy atom. The third kappa shape index (κ3) is 4.06. The second-order valence-corrected chi connectivity index (χ2v) is 7.80. The van der Waals surface area contributed by atoms with E-state index in [4.69, 9.17) is 25.8 Å². The van der Waals surface area contributed by atoms with Crippen LogP contribution < -0.4 is 14.2 Å². The number of ether oxygens (including phenoxy) is 3. The van der Waals surface area contributed by atoms with E-state index in [-0.39, 0.29) is 28.7 Å². The summed E-state index contributed by atoms with van der Waals surface area (Å²) >= 11 is 9.44. The molecule has 0 aromatic heterocycles. The highest BCUT2D eigenvalue weighted by Gasteiger charge is 2.28. The molecule has 1 aliphatic rings. The number of ketones is 1. The highest BCUT2D eigenvalue weighted by Crippen LogP contribution is 2.36. The molecule has 1 aliphatic heterocycles. The van der Waals surface area contributed by atoms with Crippen LogP contribution in [0.25, 0.3) is 6.08 Å². The van der Waals surface area contributed by atoms with Gasteiger partial charge in [-0.1, -0.05) is 33.6 Å². The predicted molar refractivity (Wildman–Crippen MR) is 116 cm³/mol. The largest absolute Gasteiger partial charge is 0.496 e. The van der Waals surface area contributed by atoms with Gasteiger partial charge in [-0.3, -0.25) is 4.79 Å². The fourth-order valence-corrected chi connectivity index (χ4v) is 3.64. The molecule has 0 radical (unpaired) electrons. The molecule has 152 valence electrons. The van der Waals surface area contributed by atoms with Gasteiger partial charge in [0.15, 0.2) is 5.76 Å². The van der Waals surface area contributed by atoms with Crippen LogP contribution >= 0.6 is 27.5 Å². The fourth-order valence-electron chi connectivity index (χ4n) is 3.04. The smallest absolute Gasteiger partial charge is 0.231 e. The van der Waals surface area contributed by atoms with Crippen molar-refractivity contribution in [2.75, 3.05) is 7.11 Å². The number of fused-ring (bicyclic) bond motifs is 1. The Bertz CT molecular complexity index is 1160. The number of rotatable bonds is 5. The molecule has 4 rings (SSSR count). The highest BCUT2D eigenvalue weighted by molar-refractivity contribution is 9.10. The zero-order chi connectivity index (χ0) is 21.3. The molecule has 3 aromatic carbocycles. The Morgan fingerprint density at radius 2 is 2.00 bits per heavy atom.